The number of para-hydroxylation sites is 1. The SMILES string of the molecule is N#Cc1ccc2c3ccc(-c4ccc5c(c4)C4(c6cc(-c7cccc(-c8nc(-c9ccccc9)nc(-c9ccccc9)n8)c7)ccc6-5)C5CC6CC(C5)CC4C6)cc3n(-c3ccccc3)c2c1. The molecule has 4 bridgehead atoms. The van der Waals surface area contributed by atoms with E-state index in [-0.39, 0.29) is 5.41 Å². The first-order valence-electron chi connectivity index (χ1n) is 23.9. The molecule has 15 rings (SSSR count). The molecule has 318 valence electrons. The molecule has 0 atom stereocenters. The molecule has 0 saturated heterocycles. The maximum absolute atomic E-state index is 9.89. The Morgan fingerprint density at radius 2 is 0.881 bits per heavy atom. The molecule has 0 aliphatic heterocycles. The van der Waals surface area contributed by atoms with Crippen molar-refractivity contribution < 1.29 is 0 Å². The van der Waals surface area contributed by atoms with Crippen LogP contribution >= 0.6 is 0 Å². The zero-order valence-corrected chi connectivity index (χ0v) is 37.0. The number of aromatic nitrogens is 4. The average molecular weight is 860 g/mol. The second-order valence-electron chi connectivity index (χ2n) is 19.6. The monoisotopic (exact) mass is 859 g/mol. The first kappa shape index (κ1) is 38.3. The van der Waals surface area contributed by atoms with Gasteiger partial charge >= 0.3 is 0 Å². The Balaban J connectivity index is 0.901. The first-order valence-corrected chi connectivity index (χ1v) is 23.9. The third-order valence-electron chi connectivity index (χ3n) is 16.0. The summed E-state index contributed by atoms with van der Waals surface area (Å²) in [7, 11) is 0. The van der Waals surface area contributed by atoms with Crippen molar-refractivity contribution in [2.24, 2.45) is 23.7 Å². The number of nitrogens with zero attached hydrogens (tertiary/aromatic N) is 5. The quantitative estimate of drug-likeness (QED) is 0.167. The third-order valence-corrected chi connectivity index (χ3v) is 16.0. The molecule has 0 radical (unpaired) electrons. The van der Waals surface area contributed by atoms with Crippen LogP contribution in [0, 0.1) is 35.0 Å². The summed E-state index contributed by atoms with van der Waals surface area (Å²) in [6.07, 6.45) is 6.68. The highest BCUT2D eigenvalue weighted by molar-refractivity contribution is 6.10. The summed E-state index contributed by atoms with van der Waals surface area (Å²) in [5, 5.41) is 12.2. The summed E-state index contributed by atoms with van der Waals surface area (Å²) < 4.78 is 2.33. The van der Waals surface area contributed by atoms with Gasteiger partial charge in [-0.3, -0.25) is 0 Å². The molecule has 1 spiro atoms. The van der Waals surface area contributed by atoms with Gasteiger partial charge in [0, 0.05) is 38.6 Å². The zero-order valence-electron chi connectivity index (χ0n) is 37.0. The second-order valence-corrected chi connectivity index (χ2v) is 19.6. The highest BCUT2D eigenvalue weighted by Gasteiger charge is 2.61. The first-order chi connectivity index (χ1) is 33.1. The van der Waals surface area contributed by atoms with Crippen molar-refractivity contribution in [3.8, 4) is 79.3 Å². The Labute approximate surface area is 390 Å². The fourth-order valence-corrected chi connectivity index (χ4v) is 13.5. The number of fused-ring (bicyclic) bond motifs is 6. The van der Waals surface area contributed by atoms with Gasteiger partial charge in [0.15, 0.2) is 17.5 Å². The lowest BCUT2D eigenvalue weighted by Crippen LogP contribution is -2.55. The van der Waals surface area contributed by atoms with Crippen molar-refractivity contribution >= 4 is 21.8 Å². The Kier molecular flexibility index (Phi) is 8.46. The van der Waals surface area contributed by atoms with Crippen LogP contribution in [0.25, 0.3) is 95.0 Å². The van der Waals surface area contributed by atoms with E-state index in [1.54, 1.807) is 0 Å². The van der Waals surface area contributed by atoms with Crippen LogP contribution in [0.3, 0.4) is 0 Å². The van der Waals surface area contributed by atoms with Crippen LogP contribution in [0.4, 0.5) is 0 Å². The van der Waals surface area contributed by atoms with Crippen molar-refractivity contribution in [3.05, 3.63) is 205 Å². The number of rotatable bonds is 6. The minimum absolute atomic E-state index is 0.0260. The molecule has 8 aromatic carbocycles. The minimum atomic E-state index is -0.0260. The topological polar surface area (TPSA) is 67.4 Å². The Hall–Kier alpha value is -7.94. The average Bonchev–Trinajstić information content (AvgIpc) is 3.87. The molecule has 5 aliphatic carbocycles. The smallest absolute Gasteiger partial charge is 0.164 e. The van der Waals surface area contributed by atoms with E-state index >= 15 is 0 Å². The molecule has 10 aromatic rings. The largest absolute Gasteiger partial charge is 0.309 e. The van der Waals surface area contributed by atoms with Gasteiger partial charge in [-0.1, -0.05) is 140 Å². The number of hydrogen-bond donors (Lipinski definition) is 0. The Bertz CT molecular complexity index is 3570. The fourth-order valence-electron chi connectivity index (χ4n) is 13.5. The standard InChI is InChI=1S/C62H45N5/c63-37-38-19-23-53-54-26-22-46(36-58(54)67(57(53)32-38)50-17-8-3-9-18-50)45-21-25-52-51-24-20-44(34-55(51)62(56(52)35-45)48-28-39-27-40(30-48)31-49(62)29-39)43-15-10-16-47(33-43)61-65-59(41-11-4-1-5-12-41)64-60(66-61)42-13-6-2-7-14-42/h1-26,32-36,39-40,48-49H,27-31H2. The van der Waals surface area contributed by atoms with Gasteiger partial charge in [-0.2, -0.15) is 5.26 Å². The van der Waals surface area contributed by atoms with E-state index in [9.17, 15) is 5.26 Å². The molecule has 5 heteroatoms. The maximum Gasteiger partial charge on any atom is 0.164 e. The molecule has 4 fully saturated rings. The summed E-state index contributed by atoms with van der Waals surface area (Å²) in [5.41, 5.74) is 17.6. The van der Waals surface area contributed by atoms with E-state index in [1.165, 1.54) is 82.0 Å². The second kappa shape index (κ2) is 14.8. The molecule has 67 heavy (non-hydrogen) atoms. The normalized spacial score (nSPS) is 20.9. The van der Waals surface area contributed by atoms with Crippen LogP contribution in [0.1, 0.15) is 48.8 Å². The van der Waals surface area contributed by atoms with E-state index < -0.39 is 0 Å². The van der Waals surface area contributed by atoms with Gasteiger partial charge < -0.3 is 4.57 Å². The summed E-state index contributed by atoms with van der Waals surface area (Å²) >= 11 is 0. The van der Waals surface area contributed by atoms with Crippen molar-refractivity contribution in [1.29, 1.82) is 5.26 Å². The van der Waals surface area contributed by atoms with Crippen LogP contribution in [0.5, 0.6) is 0 Å². The number of hydrogen-bond acceptors (Lipinski definition) is 4. The van der Waals surface area contributed by atoms with Gasteiger partial charge in [0.25, 0.3) is 0 Å². The van der Waals surface area contributed by atoms with Crippen molar-refractivity contribution in [2.45, 2.75) is 37.5 Å². The van der Waals surface area contributed by atoms with Gasteiger partial charge in [-0.15, -0.1) is 0 Å². The molecule has 2 aromatic heterocycles. The fraction of sp³-hybridized carbons (Fsp3) is 0.161. The molecule has 2 heterocycles. The van der Waals surface area contributed by atoms with Crippen LogP contribution < -0.4 is 0 Å². The van der Waals surface area contributed by atoms with Crippen LogP contribution in [-0.2, 0) is 5.41 Å². The molecular formula is C62H45N5. The van der Waals surface area contributed by atoms with E-state index in [2.05, 4.69) is 150 Å². The van der Waals surface area contributed by atoms with Gasteiger partial charge in [-0.05, 0) is 149 Å². The van der Waals surface area contributed by atoms with Gasteiger partial charge in [0.2, 0.25) is 0 Å². The van der Waals surface area contributed by atoms with Gasteiger partial charge in [0.1, 0.15) is 0 Å². The third kappa shape index (κ3) is 5.89. The molecule has 5 aliphatic rings. The van der Waals surface area contributed by atoms with E-state index in [4.69, 9.17) is 15.0 Å². The lowest BCUT2D eigenvalue weighted by atomic mass is 9.43. The molecular weight excluding hydrogens is 815 g/mol. The lowest BCUT2D eigenvalue weighted by molar-refractivity contribution is -0.0399. The highest BCUT2D eigenvalue weighted by atomic mass is 15.0. The summed E-state index contributed by atoms with van der Waals surface area (Å²) in [6, 6.07) is 70.0. The molecule has 0 unspecified atom stereocenters. The predicted octanol–water partition coefficient (Wildman–Crippen LogP) is 14.9. The highest BCUT2D eigenvalue weighted by Crippen LogP contribution is 2.69. The Morgan fingerprint density at radius 1 is 0.418 bits per heavy atom. The van der Waals surface area contributed by atoms with Crippen LogP contribution in [0.15, 0.2) is 188 Å². The van der Waals surface area contributed by atoms with Gasteiger partial charge in [0.05, 0.1) is 22.7 Å². The number of nitriles is 1. The lowest BCUT2D eigenvalue weighted by Gasteiger charge is -2.61. The van der Waals surface area contributed by atoms with Crippen LogP contribution in [-0.4, -0.2) is 19.5 Å². The summed E-state index contributed by atoms with van der Waals surface area (Å²) in [4.78, 5) is 15.1. The Morgan fingerprint density at radius 3 is 1.46 bits per heavy atom. The molecule has 5 nitrogen and oxygen atoms in total. The van der Waals surface area contributed by atoms with E-state index in [1.807, 2.05) is 48.5 Å². The van der Waals surface area contributed by atoms with E-state index in [0.29, 0.717) is 34.9 Å². The van der Waals surface area contributed by atoms with E-state index in [0.717, 1.165) is 50.6 Å². The summed E-state index contributed by atoms with van der Waals surface area (Å²) in [5.74, 6) is 4.93. The zero-order chi connectivity index (χ0) is 44.2. The van der Waals surface area contributed by atoms with Crippen LogP contribution in [0.2, 0.25) is 0 Å². The van der Waals surface area contributed by atoms with Crippen molar-refractivity contribution in [2.75, 3.05) is 0 Å². The summed E-state index contributed by atoms with van der Waals surface area (Å²) in [6.45, 7) is 0. The van der Waals surface area contributed by atoms with Crippen molar-refractivity contribution in [1.82, 2.24) is 19.5 Å². The van der Waals surface area contributed by atoms with Crippen molar-refractivity contribution in [3.63, 3.8) is 0 Å². The number of benzene rings is 8. The predicted molar refractivity (Wildman–Crippen MR) is 269 cm³/mol. The van der Waals surface area contributed by atoms with Gasteiger partial charge in [-0.25, -0.2) is 15.0 Å². The maximum atomic E-state index is 9.89. The minimum Gasteiger partial charge on any atom is -0.309 e. The molecule has 0 N–H and O–H groups in total. The molecule has 0 amide bonds. The molecule has 4 saturated carbocycles.